The Balaban J connectivity index is 2.18. The predicted octanol–water partition coefficient (Wildman–Crippen LogP) is 2.69. The van der Waals surface area contributed by atoms with Crippen LogP contribution in [-0.4, -0.2) is 22.6 Å². The second-order valence-electron chi connectivity index (χ2n) is 5.11. The lowest BCUT2D eigenvalue weighted by atomic mass is 10.1. The number of nitrogens with zero attached hydrogens (tertiary/aromatic N) is 2. The molecular formula is C14H19N3. The van der Waals surface area contributed by atoms with Gasteiger partial charge in [-0.2, -0.15) is 0 Å². The molecular weight excluding hydrogens is 210 g/mol. The molecule has 1 saturated heterocycles. The molecule has 1 fully saturated rings. The second kappa shape index (κ2) is 4.15. The van der Waals surface area contributed by atoms with Crippen LogP contribution in [0.3, 0.4) is 0 Å². The van der Waals surface area contributed by atoms with Gasteiger partial charge in [-0.15, -0.1) is 0 Å². The van der Waals surface area contributed by atoms with E-state index in [2.05, 4.69) is 48.0 Å². The number of para-hydroxylation sites is 2. The summed E-state index contributed by atoms with van der Waals surface area (Å²) >= 11 is 0. The van der Waals surface area contributed by atoms with Gasteiger partial charge in [0.05, 0.1) is 11.0 Å². The number of hydrogen-bond donors (Lipinski definition) is 1. The summed E-state index contributed by atoms with van der Waals surface area (Å²) in [6.45, 7) is 6.65. The van der Waals surface area contributed by atoms with E-state index in [0.717, 1.165) is 18.6 Å². The molecule has 3 nitrogen and oxygen atoms in total. The Bertz CT molecular complexity index is 521. The van der Waals surface area contributed by atoms with E-state index in [9.17, 15) is 0 Å². The lowest BCUT2D eigenvalue weighted by Gasteiger charge is -2.16. The number of imidazole rings is 1. The van der Waals surface area contributed by atoms with E-state index in [1.165, 1.54) is 17.8 Å². The van der Waals surface area contributed by atoms with Crippen LogP contribution in [0.1, 0.15) is 38.1 Å². The fourth-order valence-corrected chi connectivity index (χ4v) is 2.77. The zero-order chi connectivity index (χ0) is 11.8. The van der Waals surface area contributed by atoms with E-state index >= 15 is 0 Å². The fraction of sp³-hybridized carbons (Fsp3) is 0.500. The molecule has 0 spiro atoms. The van der Waals surface area contributed by atoms with Gasteiger partial charge in [0, 0.05) is 18.5 Å². The molecule has 1 aliphatic heterocycles. The Morgan fingerprint density at radius 1 is 1.35 bits per heavy atom. The quantitative estimate of drug-likeness (QED) is 0.858. The number of benzene rings is 1. The highest BCUT2D eigenvalue weighted by atomic mass is 15.1. The molecule has 1 unspecified atom stereocenters. The Labute approximate surface area is 102 Å². The van der Waals surface area contributed by atoms with E-state index in [4.69, 9.17) is 4.98 Å². The Hall–Kier alpha value is -1.35. The molecule has 2 heterocycles. The minimum absolute atomic E-state index is 0.470. The Kier molecular flexibility index (Phi) is 2.63. The number of aromatic nitrogens is 2. The van der Waals surface area contributed by atoms with E-state index in [0.29, 0.717) is 12.0 Å². The molecule has 3 rings (SSSR count). The second-order valence-corrected chi connectivity index (χ2v) is 5.11. The normalized spacial score (nSPS) is 20.5. The van der Waals surface area contributed by atoms with Crippen LogP contribution in [0.25, 0.3) is 11.0 Å². The van der Waals surface area contributed by atoms with Gasteiger partial charge in [0.25, 0.3) is 0 Å². The van der Waals surface area contributed by atoms with Crippen molar-refractivity contribution in [1.29, 1.82) is 0 Å². The zero-order valence-corrected chi connectivity index (χ0v) is 10.5. The molecule has 0 bridgehead atoms. The predicted molar refractivity (Wildman–Crippen MR) is 70.3 cm³/mol. The van der Waals surface area contributed by atoms with Crippen LogP contribution in [0.4, 0.5) is 0 Å². The highest BCUT2D eigenvalue weighted by molar-refractivity contribution is 5.76. The van der Waals surface area contributed by atoms with Gasteiger partial charge in [-0.05, 0) is 38.9 Å². The number of hydrogen-bond acceptors (Lipinski definition) is 2. The van der Waals surface area contributed by atoms with Crippen molar-refractivity contribution >= 4 is 11.0 Å². The Morgan fingerprint density at radius 2 is 2.18 bits per heavy atom. The SMILES string of the molecule is CC(C)n1c(C2CCNC2)nc2ccccc21. The zero-order valence-electron chi connectivity index (χ0n) is 10.5. The van der Waals surface area contributed by atoms with Gasteiger partial charge in [0.15, 0.2) is 0 Å². The van der Waals surface area contributed by atoms with Crippen LogP contribution < -0.4 is 5.32 Å². The van der Waals surface area contributed by atoms with Gasteiger partial charge in [-0.3, -0.25) is 0 Å². The molecule has 0 radical (unpaired) electrons. The third-order valence-electron chi connectivity index (χ3n) is 3.56. The summed E-state index contributed by atoms with van der Waals surface area (Å²) in [4.78, 5) is 4.84. The molecule has 90 valence electrons. The first kappa shape index (κ1) is 10.8. The average Bonchev–Trinajstić information content (AvgIpc) is 2.95. The van der Waals surface area contributed by atoms with E-state index < -0.39 is 0 Å². The minimum Gasteiger partial charge on any atom is -0.325 e. The lowest BCUT2D eigenvalue weighted by Crippen LogP contribution is -2.14. The van der Waals surface area contributed by atoms with Crippen molar-refractivity contribution in [2.75, 3.05) is 13.1 Å². The maximum Gasteiger partial charge on any atom is 0.114 e. The first-order valence-corrected chi connectivity index (χ1v) is 6.45. The molecule has 0 aliphatic carbocycles. The summed E-state index contributed by atoms with van der Waals surface area (Å²) in [6, 6.07) is 8.92. The highest BCUT2D eigenvalue weighted by Gasteiger charge is 2.24. The number of fused-ring (bicyclic) bond motifs is 1. The van der Waals surface area contributed by atoms with Crippen LogP contribution in [0.15, 0.2) is 24.3 Å². The first-order valence-electron chi connectivity index (χ1n) is 6.45. The topological polar surface area (TPSA) is 29.9 Å². The monoisotopic (exact) mass is 229 g/mol. The van der Waals surface area contributed by atoms with Crippen molar-refractivity contribution in [1.82, 2.24) is 14.9 Å². The molecule has 1 aromatic heterocycles. The smallest absolute Gasteiger partial charge is 0.114 e. The molecule has 1 atom stereocenters. The van der Waals surface area contributed by atoms with Gasteiger partial charge in [-0.1, -0.05) is 12.1 Å². The molecule has 1 aliphatic rings. The summed E-state index contributed by atoms with van der Waals surface area (Å²) in [5.74, 6) is 1.83. The number of rotatable bonds is 2. The van der Waals surface area contributed by atoms with Crippen LogP contribution in [0.2, 0.25) is 0 Å². The van der Waals surface area contributed by atoms with Crippen molar-refractivity contribution in [3.05, 3.63) is 30.1 Å². The molecule has 2 aromatic rings. The van der Waals surface area contributed by atoms with Crippen molar-refractivity contribution in [2.24, 2.45) is 0 Å². The van der Waals surface area contributed by atoms with Gasteiger partial charge in [0.2, 0.25) is 0 Å². The van der Waals surface area contributed by atoms with E-state index in [1.807, 2.05) is 0 Å². The largest absolute Gasteiger partial charge is 0.325 e. The molecule has 1 N–H and O–H groups in total. The average molecular weight is 229 g/mol. The van der Waals surface area contributed by atoms with Crippen LogP contribution in [0.5, 0.6) is 0 Å². The van der Waals surface area contributed by atoms with Crippen LogP contribution in [0, 0.1) is 0 Å². The van der Waals surface area contributed by atoms with Crippen molar-refractivity contribution < 1.29 is 0 Å². The molecule has 1 aromatic carbocycles. The number of nitrogens with one attached hydrogen (secondary N) is 1. The summed E-state index contributed by atoms with van der Waals surface area (Å²) in [5, 5.41) is 3.43. The van der Waals surface area contributed by atoms with Gasteiger partial charge >= 0.3 is 0 Å². The molecule has 0 saturated carbocycles. The Morgan fingerprint density at radius 3 is 2.88 bits per heavy atom. The summed E-state index contributed by atoms with van der Waals surface area (Å²) in [7, 11) is 0. The standard InChI is InChI=1S/C14H19N3/c1-10(2)17-13-6-4-3-5-12(13)16-14(17)11-7-8-15-9-11/h3-6,10-11,15H,7-9H2,1-2H3. The van der Waals surface area contributed by atoms with E-state index in [1.54, 1.807) is 0 Å². The summed E-state index contributed by atoms with van der Waals surface area (Å²) in [6.07, 6.45) is 1.20. The third kappa shape index (κ3) is 1.75. The first-order chi connectivity index (χ1) is 8.27. The van der Waals surface area contributed by atoms with Crippen LogP contribution >= 0.6 is 0 Å². The minimum atomic E-state index is 0.470. The van der Waals surface area contributed by atoms with Crippen molar-refractivity contribution in [3.63, 3.8) is 0 Å². The van der Waals surface area contributed by atoms with Gasteiger partial charge in [0.1, 0.15) is 5.82 Å². The molecule has 0 amide bonds. The lowest BCUT2D eigenvalue weighted by molar-refractivity contribution is 0.550. The maximum absolute atomic E-state index is 4.84. The van der Waals surface area contributed by atoms with Crippen molar-refractivity contribution in [3.8, 4) is 0 Å². The van der Waals surface area contributed by atoms with Crippen molar-refractivity contribution in [2.45, 2.75) is 32.2 Å². The highest BCUT2D eigenvalue weighted by Crippen LogP contribution is 2.28. The third-order valence-corrected chi connectivity index (χ3v) is 3.56. The van der Waals surface area contributed by atoms with Gasteiger partial charge in [-0.25, -0.2) is 4.98 Å². The maximum atomic E-state index is 4.84. The summed E-state index contributed by atoms with van der Waals surface area (Å²) < 4.78 is 2.40. The van der Waals surface area contributed by atoms with Crippen LogP contribution in [-0.2, 0) is 0 Å². The summed E-state index contributed by atoms with van der Waals surface area (Å²) in [5.41, 5.74) is 2.40. The van der Waals surface area contributed by atoms with Gasteiger partial charge < -0.3 is 9.88 Å². The van der Waals surface area contributed by atoms with E-state index in [-0.39, 0.29) is 0 Å². The molecule has 3 heteroatoms. The molecule has 17 heavy (non-hydrogen) atoms. The fourth-order valence-electron chi connectivity index (χ4n) is 2.77.